The van der Waals surface area contributed by atoms with Crippen molar-refractivity contribution < 1.29 is 9.85 Å². The summed E-state index contributed by atoms with van der Waals surface area (Å²) in [6.07, 6.45) is 1.29. The van der Waals surface area contributed by atoms with Gasteiger partial charge in [0.1, 0.15) is 0 Å². The Morgan fingerprint density at radius 3 is 2.48 bits per heavy atom. The molecular formula is C13H10N4O4. The second kappa shape index (κ2) is 6.24. The molecule has 0 aliphatic heterocycles. The molecule has 0 heterocycles. The fourth-order valence-corrected chi connectivity index (χ4v) is 1.63. The first-order chi connectivity index (χ1) is 10.1. The van der Waals surface area contributed by atoms with Crippen LogP contribution in [0, 0.1) is 20.2 Å². The number of non-ortho nitro benzene ring substituents is 1. The van der Waals surface area contributed by atoms with E-state index < -0.39 is 9.85 Å². The van der Waals surface area contributed by atoms with Crippen LogP contribution in [0.15, 0.2) is 53.6 Å². The highest BCUT2D eigenvalue weighted by Crippen LogP contribution is 2.18. The monoisotopic (exact) mass is 286 g/mol. The molecule has 8 heteroatoms. The molecule has 0 amide bonds. The van der Waals surface area contributed by atoms with Crippen LogP contribution < -0.4 is 5.43 Å². The molecule has 0 bridgehead atoms. The van der Waals surface area contributed by atoms with Gasteiger partial charge in [-0.15, -0.1) is 0 Å². The van der Waals surface area contributed by atoms with Crippen molar-refractivity contribution in [2.45, 2.75) is 0 Å². The minimum atomic E-state index is -0.517. The van der Waals surface area contributed by atoms with E-state index in [9.17, 15) is 20.2 Å². The minimum absolute atomic E-state index is 0.0675. The van der Waals surface area contributed by atoms with E-state index in [2.05, 4.69) is 10.5 Å². The fourth-order valence-electron chi connectivity index (χ4n) is 1.63. The number of rotatable bonds is 5. The third-order valence-electron chi connectivity index (χ3n) is 2.59. The standard InChI is InChI=1S/C13H10N4O4/c18-16(19)12-6-3-5-11(8-12)15-14-9-10-4-1-2-7-13(10)17(20)21/h1-9,15H/b14-9+. The molecule has 106 valence electrons. The average Bonchev–Trinajstić information content (AvgIpc) is 2.48. The quantitative estimate of drug-likeness (QED) is 0.516. The van der Waals surface area contributed by atoms with E-state index in [1.165, 1.54) is 30.5 Å². The highest BCUT2D eigenvalue weighted by Gasteiger charge is 2.10. The van der Waals surface area contributed by atoms with Crippen molar-refractivity contribution in [3.8, 4) is 0 Å². The lowest BCUT2D eigenvalue weighted by Gasteiger charge is -2.00. The van der Waals surface area contributed by atoms with E-state index in [1.54, 1.807) is 24.3 Å². The molecule has 2 aromatic rings. The molecule has 1 N–H and O–H groups in total. The predicted octanol–water partition coefficient (Wildman–Crippen LogP) is 2.95. The van der Waals surface area contributed by atoms with E-state index >= 15 is 0 Å². The Morgan fingerprint density at radius 2 is 1.76 bits per heavy atom. The number of nitrogens with one attached hydrogen (secondary N) is 1. The molecule has 8 nitrogen and oxygen atoms in total. The molecule has 0 atom stereocenters. The van der Waals surface area contributed by atoms with Gasteiger partial charge in [-0.3, -0.25) is 25.7 Å². The Morgan fingerprint density at radius 1 is 1.00 bits per heavy atom. The maximum absolute atomic E-state index is 10.8. The van der Waals surface area contributed by atoms with E-state index in [1.807, 2.05) is 0 Å². The molecule has 0 unspecified atom stereocenters. The number of hydrogen-bond acceptors (Lipinski definition) is 6. The van der Waals surface area contributed by atoms with Gasteiger partial charge in [0.05, 0.1) is 27.3 Å². The topological polar surface area (TPSA) is 111 Å². The normalized spacial score (nSPS) is 10.5. The Balaban J connectivity index is 2.15. The van der Waals surface area contributed by atoms with Gasteiger partial charge in [0, 0.05) is 18.2 Å². The first kappa shape index (κ1) is 14.1. The number of hydrogen-bond donors (Lipinski definition) is 1. The van der Waals surface area contributed by atoms with Gasteiger partial charge < -0.3 is 0 Å². The maximum atomic E-state index is 10.8. The van der Waals surface area contributed by atoms with Crippen LogP contribution in [0.25, 0.3) is 0 Å². The minimum Gasteiger partial charge on any atom is -0.278 e. The zero-order chi connectivity index (χ0) is 15.2. The van der Waals surface area contributed by atoms with Crippen LogP contribution in [-0.4, -0.2) is 16.1 Å². The van der Waals surface area contributed by atoms with Crippen molar-refractivity contribution in [3.63, 3.8) is 0 Å². The van der Waals surface area contributed by atoms with Crippen LogP contribution in [0.5, 0.6) is 0 Å². The first-order valence-corrected chi connectivity index (χ1v) is 5.85. The third-order valence-corrected chi connectivity index (χ3v) is 2.59. The van der Waals surface area contributed by atoms with E-state index in [-0.39, 0.29) is 11.4 Å². The average molecular weight is 286 g/mol. The number of nitrogens with zero attached hydrogens (tertiary/aromatic N) is 3. The molecule has 0 aliphatic rings. The molecule has 0 fully saturated rings. The lowest BCUT2D eigenvalue weighted by Crippen LogP contribution is -1.96. The number of nitro benzene ring substituents is 2. The largest absolute Gasteiger partial charge is 0.278 e. The van der Waals surface area contributed by atoms with Crippen molar-refractivity contribution in [2.24, 2.45) is 5.10 Å². The van der Waals surface area contributed by atoms with E-state index in [0.29, 0.717) is 11.3 Å². The summed E-state index contributed by atoms with van der Waals surface area (Å²) in [5.41, 5.74) is 3.21. The summed E-state index contributed by atoms with van der Waals surface area (Å²) in [5, 5.41) is 25.3. The van der Waals surface area contributed by atoms with Crippen molar-refractivity contribution in [1.82, 2.24) is 0 Å². The van der Waals surface area contributed by atoms with Gasteiger partial charge in [-0.05, 0) is 12.1 Å². The van der Waals surface area contributed by atoms with Gasteiger partial charge in [0.2, 0.25) is 0 Å². The highest BCUT2D eigenvalue weighted by atomic mass is 16.6. The number of nitro groups is 2. The van der Waals surface area contributed by atoms with Gasteiger partial charge in [-0.2, -0.15) is 5.10 Å². The molecule has 2 aromatic carbocycles. The second-order valence-electron chi connectivity index (χ2n) is 3.99. The second-order valence-corrected chi connectivity index (χ2v) is 3.99. The first-order valence-electron chi connectivity index (χ1n) is 5.85. The highest BCUT2D eigenvalue weighted by molar-refractivity contribution is 5.85. The van der Waals surface area contributed by atoms with Gasteiger partial charge in [0.15, 0.2) is 0 Å². The van der Waals surface area contributed by atoms with Crippen LogP contribution in [0.2, 0.25) is 0 Å². The van der Waals surface area contributed by atoms with Gasteiger partial charge in [-0.1, -0.05) is 18.2 Å². The van der Waals surface area contributed by atoms with Crippen molar-refractivity contribution in [1.29, 1.82) is 0 Å². The van der Waals surface area contributed by atoms with Gasteiger partial charge in [-0.25, -0.2) is 0 Å². The molecule has 2 rings (SSSR count). The third kappa shape index (κ3) is 3.60. The van der Waals surface area contributed by atoms with E-state index in [4.69, 9.17) is 0 Å². The molecular weight excluding hydrogens is 276 g/mol. The molecule has 0 radical (unpaired) electrons. The molecule has 0 aromatic heterocycles. The Hall–Kier alpha value is -3.29. The summed E-state index contributed by atoms with van der Waals surface area (Å²) in [4.78, 5) is 20.4. The summed E-state index contributed by atoms with van der Waals surface area (Å²) >= 11 is 0. The molecule has 0 aliphatic carbocycles. The van der Waals surface area contributed by atoms with Crippen molar-refractivity contribution >= 4 is 23.3 Å². The Labute approximate surface area is 119 Å². The maximum Gasteiger partial charge on any atom is 0.278 e. The van der Waals surface area contributed by atoms with Gasteiger partial charge in [0.25, 0.3) is 11.4 Å². The number of anilines is 1. The number of benzene rings is 2. The summed E-state index contributed by atoms with van der Waals surface area (Å²) in [6.45, 7) is 0. The molecule has 21 heavy (non-hydrogen) atoms. The summed E-state index contributed by atoms with van der Waals surface area (Å²) < 4.78 is 0. The zero-order valence-corrected chi connectivity index (χ0v) is 10.7. The van der Waals surface area contributed by atoms with Crippen molar-refractivity contribution in [3.05, 3.63) is 74.3 Å². The van der Waals surface area contributed by atoms with Crippen molar-refractivity contribution in [2.75, 3.05) is 5.43 Å². The van der Waals surface area contributed by atoms with Crippen LogP contribution in [-0.2, 0) is 0 Å². The lowest BCUT2D eigenvalue weighted by atomic mass is 10.2. The Bertz CT molecular complexity index is 715. The molecule has 0 spiro atoms. The van der Waals surface area contributed by atoms with Crippen LogP contribution in [0.4, 0.5) is 17.1 Å². The zero-order valence-electron chi connectivity index (χ0n) is 10.7. The number of para-hydroxylation sites is 1. The van der Waals surface area contributed by atoms with Gasteiger partial charge >= 0.3 is 0 Å². The smallest absolute Gasteiger partial charge is 0.278 e. The van der Waals surface area contributed by atoms with Crippen LogP contribution >= 0.6 is 0 Å². The van der Waals surface area contributed by atoms with Crippen LogP contribution in [0.3, 0.4) is 0 Å². The predicted molar refractivity (Wildman–Crippen MR) is 77.4 cm³/mol. The SMILES string of the molecule is O=[N+]([O-])c1cccc(N/N=C/c2ccccc2[N+](=O)[O-])c1. The lowest BCUT2D eigenvalue weighted by molar-refractivity contribution is -0.385. The molecule has 0 saturated heterocycles. The molecule has 0 saturated carbocycles. The Kier molecular flexibility index (Phi) is 4.20. The summed E-state index contributed by atoms with van der Waals surface area (Å²) in [5.74, 6) is 0. The number of hydrazone groups is 1. The van der Waals surface area contributed by atoms with E-state index in [0.717, 1.165) is 0 Å². The van der Waals surface area contributed by atoms with Crippen LogP contribution in [0.1, 0.15) is 5.56 Å². The fraction of sp³-hybridized carbons (Fsp3) is 0. The summed E-state index contributed by atoms with van der Waals surface area (Å²) in [6, 6.07) is 11.9. The summed E-state index contributed by atoms with van der Waals surface area (Å²) in [7, 11) is 0.